The van der Waals surface area contributed by atoms with Crippen LogP contribution in [0.15, 0.2) is 22.8 Å². The molecule has 1 atom stereocenters. The first-order chi connectivity index (χ1) is 7.16. The SMILES string of the molecule is O=C(O)C1CC(=O)N(Cc2ccco2)C1. The molecule has 0 aliphatic carbocycles. The van der Waals surface area contributed by atoms with E-state index < -0.39 is 11.9 Å². The van der Waals surface area contributed by atoms with Crippen LogP contribution < -0.4 is 0 Å². The van der Waals surface area contributed by atoms with Gasteiger partial charge in [0.2, 0.25) is 5.91 Å². The highest BCUT2D eigenvalue weighted by Gasteiger charge is 2.34. The lowest BCUT2D eigenvalue weighted by molar-refractivity contribution is -0.141. The minimum absolute atomic E-state index is 0.0933. The smallest absolute Gasteiger partial charge is 0.308 e. The Labute approximate surface area is 86.3 Å². The van der Waals surface area contributed by atoms with Crippen molar-refractivity contribution in [1.82, 2.24) is 4.90 Å². The Morgan fingerprint density at radius 1 is 1.67 bits per heavy atom. The van der Waals surface area contributed by atoms with Crippen LogP contribution in [0.3, 0.4) is 0 Å². The van der Waals surface area contributed by atoms with E-state index in [2.05, 4.69) is 0 Å². The molecular formula is C10H11NO4. The lowest BCUT2D eigenvalue weighted by Gasteiger charge is -2.13. The molecule has 80 valence electrons. The van der Waals surface area contributed by atoms with Gasteiger partial charge in [-0.05, 0) is 12.1 Å². The summed E-state index contributed by atoms with van der Waals surface area (Å²) in [5.74, 6) is -0.939. The van der Waals surface area contributed by atoms with E-state index in [4.69, 9.17) is 9.52 Å². The van der Waals surface area contributed by atoms with Crippen LogP contribution in [0.25, 0.3) is 0 Å². The fraction of sp³-hybridized carbons (Fsp3) is 0.400. The van der Waals surface area contributed by atoms with Crippen molar-refractivity contribution in [2.24, 2.45) is 5.92 Å². The summed E-state index contributed by atoms with van der Waals surface area (Å²) in [6.45, 7) is 0.629. The van der Waals surface area contributed by atoms with Crippen molar-refractivity contribution >= 4 is 11.9 Å². The molecule has 1 saturated heterocycles. The van der Waals surface area contributed by atoms with Gasteiger partial charge in [-0.2, -0.15) is 0 Å². The molecule has 1 amide bonds. The molecule has 2 rings (SSSR count). The largest absolute Gasteiger partial charge is 0.481 e. The van der Waals surface area contributed by atoms with Crippen molar-refractivity contribution in [3.63, 3.8) is 0 Å². The molecule has 1 N–H and O–H groups in total. The second kappa shape index (κ2) is 3.76. The number of carbonyl (C=O) groups excluding carboxylic acids is 1. The van der Waals surface area contributed by atoms with Crippen molar-refractivity contribution in [1.29, 1.82) is 0 Å². The number of hydrogen-bond donors (Lipinski definition) is 1. The molecule has 5 nitrogen and oxygen atoms in total. The van der Waals surface area contributed by atoms with Gasteiger partial charge in [0.25, 0.3) is 0 Å². The van der Waals surface area contributed by atoms with E-state index in [1.165, 1.54) is 11.2 Å². The molecule has 0 radical (unpaired) electrons. The van der Waals surface area contributed by atoms with Gasteiger partial charge in [-0.25, -0.2) is 0 Å². The summed E-state index contributed by atoms with van der Waals surface area (Å²) in [7, 11) is 0. The Morgan fingerprint density at radius 3 is 3.00 bits per heavy atom. The lowest BCUT2D eigenvalue weighted by Crippen LogP contribution is -2.25. The van der Waals surface area contributed by atoms with Crippen molar-refractivity contribution in [3.8, 4) is 0 Å². The number of hydrogen-bond acceptors (Lipinski definition) is 3. The fourth-order valence-electron chi connectivity index (χ4n) is 1.68. The topological polar surface area (TPSA) is 70.8 Å². The van der Waals surface area contributed by atoms with Crippen LogP contribution in [0.1, 0.15) is 12.2 Å². The number of carboxylic acids is 1. The molecule has 0 aromatic carbocycles. The third kappa shape index (κ3) is 2.01. The number of furan rings is 1. The molecule has 0 saturated carbocycles. The first kappa shape index (κ1) is 9.76. The quantitative estimate of drug-likeness (QED) is 0.795. The van der Waals surface area contributed by atoms with Gasteiger partial charge in [-0.3, -0.25) is 9.59 Å². The summed E-state index contributed by atoms with van der Waals surface area (Å²) < 4.78 is 5.10. The number of aliphatic carboxylic acids is 1. The van der Waals surface area contributed by atoms with E-state index in [1.807, 2.05) is 0 Å². The van der Waals surface area contributed by atoms with Crippen molar-refractivity contribution in [2.75, 3.05) is 6.54 Å². The molecule has 5 heteroatoms. The van der Waals surface area contributed by atoms with E-state index >= 15 is 0 Å². The van der Waals surface area contributed by atoms with Gasteiger partial charge in [0.1, 0.15) is 5.76 Å². The maximum atomic E-state index is 11.4. The van der Waals surface area contributed by atoms with Crippen molar-refractivity contribution < 1.29 is 19.1 Å². The first-order valence-corrected chi connectivity index (χ1v) is 4.70. The molecule has 0 bridgehead atoms. The van der Waals surface area contributed by atoms with E-state index in [0.717, 1.165) is 0 Å². The zero-order valence-electron chi connectivity index (χ0n) is 8.05. The van der Waals surface area contributed by atoms with E-state index in [1.54, 1.807) is 12.1 Å². The van der Waals surface area contributed by atoms with Crippen LogP contribution in [0.5, 0.6) is 0 Å². The van der Waals surface area contributed by atoms with Gasteiger partial charge in [-0.1, -0.05) is 0 Å². The second-order valence-corrected chi connectivity index (χ2v) is 3.59. The lowest BCUT2D eigenvalue weighted by atomic mass is 10.1. The van der Waals surface area contributed by atoms with Crippen LogP contribution in [0.2, 0.25) is 0 Å². The molecule has 1 aromatic rings. The molecule has 15 heavy (non-hydrogen) atoms. The van der Waals surface area contributed by atoms with E-state index in [0.29, 0.717) is 12.3 Å². The average Bonchev–Trinajstić information content (AvgIpc) is 2.77. The number of carbonyl (C=O) groups is 2. The van der Waals surface area contributed by atoms with Crippen LogP contribution in [0, 0.1) is 5.92 Å². The van der Waals surface area contributed by atoms with Crippen molar-refractivity contribution in [3.05, 3.63) is 24.2 Å². The Kier molecular flexibility index (Phi) is 2.45. The maximum absolute atomic E-state index is 11.4. The average molecular weight is 209 g/mol. The predicted octanol–water partition coefficient (Wildman–Crippen LogP) is 0.713. The van der Waals surface area contributed by atoms with Gasteiger partial charge in [0.05, 0.1) is 18.7 Å². The third-order valence-electron chi connectivity index (χ3n) is 2.49. The summed E-state index contributed by atoms with van der Waals surface area (Å²) >= 11 is 0. The van der Waals surface area contributed by atoms with Crippen LogP contribution in [0.4, 0.5) is 0 Å². The number of rotatable bonds is 3. The molecule has 2 heterocycles. The maximum Gasteiger partial charge on any atom is 0.308 e. The summed E-state index contributed by atoms with van der Waals surface area (Å²) in [4.78, 5) is 23.6. The van der Waals surface area contributed by atoms with E-state index in [9.17, 15) is 9.59 Å². The number of nitrogens with zero attached hydrogens (tertiary/aromatic N) is 1. The highest BCUT2D eigenvalue weighted by molar-refractivity contribution is 5.85. The number of likely N-dealkylation sites (tertiary alicyclic amines) is 1. The molecule has 1 unspecified atom stereocenters. The zero-order valence-corrected chi connectivity index (χ0v) is 8.05. The zero-order chi connectivity index (χ0) is 10.8. The van der Waals surface area contributed by atoms with Gasteiger partial charge in [0.15, 0.2) is 0 Å². The molecule has 1 aliphatic rings. The molecular weight excluding hydrogens is 198 g/mol. The Hall–Kier alpha value is -1.78. The Balaban J connectivity index is 2.00. The summed E-state index contributed by atoms with van der Waals surface area (Å²) in [5.41, 5.74) is 0. The third-order valence-corrected chi connectivity index (χ3v) is 2.49. The van der Waals surface area contributed by atoms with Gasteiger partial charge < -0.3 is 14.4 Å². The Bertz CT molecular complexity index is 371. The van der Waals surface area contributed by atoms with Gasteiger partial charge in [0, 0.05) is 13.0 Å². The fourth-order valence-corrected chi connectivity index (χ4v) is 1.68. The predicted molar refractivity (Wildman–Crippen MR) is 49.9 cm³/mol. The number of carboxylic acid groups (broad SMARTS) is 1. The summed E-state index contributed by atoms with van der Waals surface area (Å²) in [6.07, 6.45) is 1.63. The minimum atomic E-state index is -0.912. The van der Waals surface area contributed by atoms with Crippen molar-refractivity contribution in [2.45, 2.75) is 13.0 Å². The van der Waals surface area contributed by atoms with Crippen LogP contribution >= 0.6 is 0 Å². The highest BCUT2D eigenvalue weighted by atomic mass is 16.4. The van der Waals surface area contributed by atoms with Crippen LogP contribution in [-0.4, -0.2) is 28.4 Å². The summed E-state index contributed by atoms with van der Waals surface area (Å²) in [6, 6.07) is 3.51. The summed E-state index contributed by atoms with van der Waals surface area (Å²) in [5, 5.41) is 8.77. The molecule has 0 spiro atoms. The Morgan fingerprint density at radius 2 is 2.47 bits per heavy atom. The second-order valence-electron chi connectivity index (χ2n) is 3.59. The van der Waals surface area contributed by atoms with Gasteiger partial charge >= 0.3 is 5.97 Å². The molecule has 1 aliphatic heterocycles. The molecule has 1 fully saturated rings. The van der Waals surface area contributed by atoms with E-state index in [-0.39, 0.29) is 18.9 Å². The standard InChI is InChI=1S/C10H11NO4/c12-9-4-7(10(13)14)5-11(9)6-8-2-1-3-15-8/h1-3,7H,4-6H2,(H,13,14). The minimum Gasteiger partial charge on any atom is -0.481 e. The van der Waals surface area contributed by atoms with Crippen LogP contribution in [-0.2, 0) is 16.1 Å². The first-order valence-electron chi connectivity index (χ1n) is 4.70. The normalized spacial score (nSPS) is 20.9. The highest BCUT2D eigenvalue weighted by Crippen LogP contribution is 2.20. The number of amides is 1. The van der Waals surface area contributed by atoms with Gasteiger partial charge in [-0.15, -0.1) is 0 Å². The molecule has 1 aromatic heterocycles. The monoisotopic (exact) mass is 209 g/mol.